The fourth-order valence-corrected chi connectivity index (χ4v) is 3.53. The summed E-state index contributed by atoms with van der Waals surface area (Å²) in [5, 5.41) is 11.0. The minimum atomic E-state index is -0.452. The van der Waals surface area contributed by atoms with Crippen molar-refractivity contribution < 1.29 is 14.6 Å². The molecule has 1 aromatic heterocycles. The Kier molecular flexibility index (Phi) is 4.62. The van der Waals surface area contributed by atoms with E-state index in [1.165, 1.54) is 0 Å². The van der Waals surface area contributed by atoms with E-state index < -0.39 is 5.60 Å². The first-order chi connectivity index (χ1) is 9.39. The van der Waals surface area contributed by atoms with E-state index in [0.29, 0.717) is 13.1 Å². The number of nitrogens with zero attached hydrogens (tertiary/aromatic N) is 3. The number of thiazole rings is 1. The lowest BCUT2D eigenvalue weighted by Crippen LogP contribution is -2.49. The van der Waals surface area contributed by atoms with Crippen molar-refractivity contribution >= 4 is 16.7 Å². The normalized spacial score (nSPS) is 18.2. The van der Waals surface area contributed by atoms with Crippen LogP contribution in [0.3, 0.4) is 0 Å². The number of carbonyl (C=O) groups excluding carboxylic acids is 1. The standard InChI is InChI=1S/C13H22N3O3S/c1-13(2,3)19-12(18)15-4-6-16(7-5-15)20-9-11(8-17)14-10-20/h9-10,17H,4-8H2,1-3H3/q+1. The van der Waals surface area contributed by atoms with Gasteiger partial charge in [-0.15, -0.1) is 4.31 Å². The first kappa shape index (κ1) is 15.2. The largest absolute Gasteiger partial charge is 0.444 e. The van der Waals surface area contributed by atoms with Gasteiger partial charge in [0.2, 0.25) is 0 Å². The first-order valence-electron chi connectivity index (χ1n) is 6.70. The fourth-order valence-electron chi connectivity index (χ4n) is 1.95. The van der Waals surface area contributed by atoms with E-state index in [-0.39, 0.29) is 23.4 Å². The van der Waals surface area contributed by atoms with Crippen molar-refractivity contribution in [3.05, 3.63) is 16.6 Å². The molecule has 1 N–H and O–H groups in total. The minimum absolute atomic E-state index is 0.0160. The Morgan fingerprint density at radius 2 is 2.05 bits per heavy atom. The molecule has 1 unspecified atom stereocenters. The topological polar surface area (TPSA) is 65.9 Å². The Balaban J connectivity index is 1.87. The van der Waals surface area contributed by atoms with Gasteiger partial charge in [-0.05, 0) is 20.8 Å². The first-order valence-corrected chi connectivity index (χ1v) is 8.00. The number of amides is 1. The van der Waals surface area contributed by atoms with Crippen molar-refractivity contribution in [3.8, 4) is 0 Å². The third-order valence-corrected chi connectivity index (χ3v) is 4.73. The van der Waals surface area contributed by atoms with Crippen molar-refractivity contribution in [1.29, 1.82) is 0 Å². The van der Waals surface area contributed by atoms with E-state index in [4.69, 9.17) is 9.84 Å². The lowest BCUT2D eigenvalue weighted by Gasteiger charge is -2.31. The molecular weight excluding hydrogens is 278 g/mol. The van der Waals surface area contributed by atoms with E-state index >= 15 is 0 Å². The highest BCUT2D eigenvalue weighted by molar-refractivity contribution is 7.30. The van der Waals surface area contributed by atoms with Gasteiger partial charge in [-0.3, -0.25) is 0 Å². The molecule has 0 bridgehead atoms. The molecule has 1 saturated heterocycles. The minimum Gasteiger partial charge on any atom is -0.444 e. The molecule has 1 aliphatic rings. The summed E-state index contributed by atoms with van der Waals surface area (Å²) < 4.78 is 7.64. The Bertz CT molecular complexity index is 462. The van der Waals surface area contributed by atoms with Gasteiger partial charge in [0.25, 0.3) is 5.51 Å². The van der Waals surface area contributed by atoms with Crippen molar-refractivity contribution in [2.75, 3.05) is 30.5 Å². The van der Waals surface area contributed by atoms with Crippen LogP contribution in [0, 0.1) is 0 Å². The van der Waals surface area contributed by atoms with Gasteiger partial charge in [0.1, 0.15) is 11.3 Å². The molecule has 0 aromatic carbocycles. The quantitative estimate of drug-likeness (QED) is 0.839. The second-order valence-electron chi connectivity index (χ2n) is 5.75. The molecule has 6 nitrogen and oxygen atoms in total. The Morgan fingerprint density at radius 1 is 1.40 bits per heavy atom. The monoisotopic (exact) mass is 300 g/mol. The van der Waals surface area contributed by atoms with Gasteiger partial charge >= 0.3 is 6.09 Å². The lowest BCUT2D eigenvalue weighted by atomic mass is 10.2. The van der Waals surface area contributed by atoms with Crippen molar-refractivity contribution in [3.63, 3.8) is 0 Å². The Morgan fingerprint density at radius 3 is 2.55 bits per heavy atom. The van der Waals surface area contributed by atoms with Crippen molar-refractivity contribution in [2.45, 2.75) is 33.0 Å². The number of carbonyl (C=O) groups is 1. The highest BCUT2D eigenvalue weighted by atomic mass is 32.2. The van der Waals surface area contributed by atoms with Gasteiger partial charge in [-0.2, -0.15) is 0 Å². The molecule has 0 radical (unpaired) electrons. The van der Waals surface area contributed by atoms with Gasteiger partial charge in [-0.1, -0.05) is 0 Å². The number of aromatic nitrogens is 1. The van der Waals surface area contributed by atoms with Crippen LogP contribution in [-0.2, 0) is 11.3 Å². The Labute approximate surface area is 122 Å². The number of rotatable bonds is 2. The third kappa shape index (κ3) is 3.91. The smallest absolute Gasteiger partial charge is 0.410 e. The maximum absolute atomic E-state index is 12.0. The van der Waals surface area contributed by atoms with Crippen LogP contribution in [0.5, 0.6) is 0 Å². The van der Waals surface area contributed by atoms with E-state index in [0.717, 1.165) is 18.8 Å². The van der Waals surface area contributed by atoms with Crippen LogP contribution >= 0.6 is 10.7 Å². The maximum Gasteiger partial charge on any atom is 0.410 e. The van der Waals surface area contributed by atoms with Gasteiger partial charge in [-0.25, -0.2) is 9.78 Å². The number of piperazine rings is 1. The molecule has 1 atom stereocenters. The van der Waals surface area contributed by atoms with Crippen LogP contribution in [-0.4, -0.2) is 52.9 Å². The number of aliphatic hydroxyl groups excluding tert-OH is 1. The highest BCUT2D eigenvalue weighted by Gasteiger charge is 2.30. The molecule has 1 fully saturated rings. The molecular formula is C13H22N3O3S+. The zero-order valence-corrected chi connectivity index (χ0v) is 13.0. The van der Waals surface area contributed by atoms with Crippen LogP contribution in [0.1, 0.15) is 26.5 Å². The molecule has 1 aromatic rings. The van der Waals surface area contributed by atoms with Gasteiger partial charge in [0.15, 0.2) is 5.38 Å². The van der Waals surface area contributed by atoms with Gasteiger partial charge in [0, 0.05) is 13.1 Å². The van der Waals surface area contributed by atoms with Gasteiger partial charge in [0.05, 0.1) is 30.4 Å². The third-order valence-electron chi connectivity index (χ3n) is 2.93. The molecule has 0 spiro atoms. The zero-order chi connectivity index (χ0) is 14.8. The summed E-state index contributed by atoms with van der Waals surface area (Å²) >= 11 is 0. The molecule has 0 aliphatic carbocycles. The second kappa shape index (κ2) is 6.07. The summed E-state index contributed by atoms with van der Waals surface area (Å²) in [6.07, 6.45) is -0.243. The van der Waals surface area contributed by atoms with Gasteiger partial charge < -0.3 is 14.7 Å². The SMILES string of the molecule is CC(C)(C)OC(=O)N1CCN([s+]2cnc(CO)c2)CC1. The Hall–Kier alpha value is -1.18. The van der Waals surface area contributed by atoms with Crippen LogP contribution in [0.15, 0.2) is 10.9 Å². The molecule has 112 valence electrons. The summed E-state index contributed by atoms with van der Waals surface area (Å²) in [6.45, 7) is 8.52. The summed E-state index contributed by atoms with van der Waals surface area (Å²) in [7, 11) is -0.150. The number of hydrogen-bond acceptors (Lipinski definition) is 5. The molecule has 7 heteroatoms. The number of ether oxygens (including phenoxy) is 1. The molecule has 2 heterocycles. The summed E-state index contributed by atoms with van der Waals surface area (Å²) in [4.78, 5) is 17.9. The van der Waals surface area contributed by atoms with Crippen molar-refractivity contribution in [1.82, 2.24) is 9.88 Å². The van der Waals surface area contributed by atoms with Crippen molar-refractivity contribution in [2.24, 2.45) is 0 Å². The van der Waals surface area contributed by atoms with E-state index in [1.807, 2.05) is 31.7 Å². The molecule has 20 heavy (non-hydrogen) atoms. The summed E-state index contributed by atoms with van der Waals surface area (Å²) in [6, 6.07) is 0. The van der Waals surface area contributed by atoms with Crippen LogP contribution in [0.2, 0.25) is 0 Å². The van der Waals surface area contributed by atoms with Crippen LogP contribution < -0.4 is 4.31 Å². The highest BCUT2D eigenvalue weighted by Crippen LogP contribution is 2.23. The fraction of sp³-hybridized carbons (Fsp3) is 0.692. The molecule has 1 aliphatic heterocycles. The van der Waals surface area contributed by atoms with Crippen LogP contribution in [0.25, 0.3) is 0 Å². The predicted octanol–water partition coefficient (Wildman–Crippen LogP) is 1.51. The predicted molar refractivity (Wildman–Crippen MR) is 78.4 cm³/mol. The lowest BCUT2D eigenvalue weighted by molar-refractivity contribution is 0.0243. The summed E-state index contributed by atoms with van der Waals surface area (Å²) in [5.41, 5.74) is 2.14. The molecule has 1 amide bonds. The second-order valence-corrected chi connectivity index (χ2v) is 7.40. The average molecular weight is 300 g/mol. The maximum atomic E-state index is 12.0. The summed E-state index contributed by atoms with van der Waals surface area (Å²) in [5.74, 6) is 0. The van der Waals surface area contributed by atoms with E-state index in [2.05, 4.69) is 9.29 Å². The van der Waals surface area contributed by atoms with E-state index in [1.54, 1.807) is 4.90 Å². The zero-order valence-electron chi connectivity index (χ0n) is 12.2. The molecule has 0 saturated carbocycles. The number of aliphatic hydroxyl groups is 1. The van der Waals surface area contributed by atoms with E-state index in [9.17, 15) is 4.79 Å². The molecule has 2 rings (SSSR count). The average Bonchev–Trinajstić information content (AvgIpc) is 2.85. The number of hydrogen-bond donors (Lipinski definition) is 1. The van der Waals surface area contributed by atoms with Crippen LogP contribution in [0.4, 0.5) is 4.79 Å².